The molecule has 29 heavy (non-hydrogen) atoms. The van der Waals surface area contributed by atoms with Crippen LogP contribution in [0.4, 0.5) is 19.3 Å². The number of rotatable bonds is 4. The first kappa shape index (κ1) is 19.1. The zero-order chi connectivity index (χ0) is 20.6. The van der Waals surface area contributed by atoms with Crippen LogP contribution < -0.4 is 4.90 Å². The van der Waals surface area contributed by atoms with Crippen molar-refractivity contribution in [1.82, 2.24) is 4.31 Å². The maximum absolute atomic E-state index is 13.2. The van der Waals surface area contributed by atoms with Crippen molar-refractivity contribution in [1.29, 1.82) is 0 Å². The van der Waals surface area contributed by atoms with Crippen molar-refractivity contribution < 1.29 is 22.0 Å². The van der Waals surface area contributed by atoms with E-state index in [0.29, 0.717) is 11.1 Å². The van der Waals surface area contributed by atoms with E-state index in [-0.39, 0.29) is 23.7 Å². The molecule has 0 radical (unpaired) electrons. The van der Waals surface area contributed by atoms with Gasteiger partial charge < -0.3 is 0 Å². The summed E-state index contributed by atoms with van der Waals surface area (Å²) in [6.45, 7) is -0.152. The minimum Gasteiger partial charge on any atom is -0.288 e. The number of hydrogen-bond donors (Lipinski definition) is 0. The van der Waals surface area contributed by atoms with Gasteiger partial charge in [0.15, 0.2) is 0 Å². The third-order valence-corrected chi connectivity index (χ3v) is 6.43. The molecule has 0 aliphatic carbocycles. The van der Waals surface area contributed by atoms with Gasteiger partial charge in [-0.25, -0.2) is 26.3 Å². The summed E-state index contributed by atoms with van der Waals surface area (Å²) in [6, 6.07) is 16.4. The standard InChI is InChI=1S/C21H16F2N2O3S/c22-17-9-5-15(6-10-17)13-24-19-3-1-2-4-20(19)29(27,28)25(21(24)26)14-16-7-11-18(23)12-8-16/h1-12H,13-14H2. The number of urea groups is 1. The molecule has 1 heterocycles. The summed E-state index contributed by atoms with van der Waals surface area (Å²) in [7, 11) is -4.08. The van der Waals surface area contributed by atoms with Crippen LogP contribution in [0.25, 0.3) is 0 Å². The molecule has 1 aliphatic rings. The summed E-state index contributed by atoms with van der Waals surface area (Å²) in [4.78, 5) is 14.5. The number of nitrogens with zero attached hydrogens (tertiary/aromatic N) is 2. The topological polar surface area (TPSA) is 57.7 Å². The summed E-state index contributed by atoms with van der Waals surface area (Å²) < 4.78 is 53.3. The molecule has 8 heteroatoms. The molecule has 0 fully saturated rings. The first-order valence-electron chi connectivity index (χ1n) is 8.78. The maximum atomic E-state index is 13.2. The maximum Gasteiger partial charge on any atom is 0.339 e. The lowest BCUT2D eigenvalue weighted by atomic mass is 10.2. The molecular formula is C21H16F2N2O3S. The van der Waals surface area contributed by atoms with E-state index in [1.54, 1.807) is 30.3 Å². The van der Waals surface area contributed by atoms with Gasteiger partial charge in [-0.3, -0.25) is 4.90 Å². The zero-order valence-corrected chi connectivity index (χ0v) is 15.9. The molecule has 0 bridgehead atoms. The monoisotopic (exact) mass is 414 g/mol. The molecule has 0 unspecified atom stereocenters. The van der Waals surface area contributed by atoms with Crippen LogP contribution in [-0.4, -0.2) is 18.8 Å². The molecule has 0 N–H and O–H groups in total. The van der Waals surface area contributed by atoms with E-state index in [4.69, 9.17) is 0 Å². The lowest BCUT2D eigenvalue weighted by molar-refractivity contribution is 0.226. The molecule has 0 spiro atoms. The number of anilines is 1. The van der Waals surface area contributed by atoms with Gasteiger partial charge in [-0.05, 0) is 47.5 Å². The highest BCUT2D eigenvalue weighted by Gasteiger charge is 2.41. The average molecular weight is 414 g/mol. The number of sulfonamides is 1. The predicted molar refractivity (Wildman–Crippen MR) is 104 cm³/mol. The van der Waals surface area contributed by atoms with Crippen LogP contribution >= 0.6 is 0 Å². The van der Waals surface area contributed by atoms with Crippen molar-refractivity contribution in [2.75, 3.05) is 4.90 Å². The largest absolute Gasteiger partial charge is 0.339 e. The number of benzene rings is 3. The van der Waals surface area contributed by atoms with Gasteiger partial charge in [0.25, 0.3) is 10.0 Å². The predicted octanol–water partition coefficient (Wildman–Crippen LogP) is 4.30. The zero-order valence-electron chi connectivity index (χ0n) is 15.1. The molecular weight excluding hydrogens is 398 g/mol. The Kier molecular flexibility index (Phi) is 4.79. The van der Waals surface area contributed by atoms with Gasteiger partial charge in [0, 0.05) is 0 Å². The van der Waals surface area contributed by atoms with Crippen LogP contribution in [0.5, 0.6) is 0 Å². The molecule has 5 nitrogen and oxygen atoms in total. The van der Waals surface area contributed by atoms with E-state index in [9.17, 15) is 22.0 Å². The Morgan fingerprint density at radius 3 is 1.83 bits per heavy atom. The van der Waals surface area contributed by atoms with E-state index < -0.39 is 27.7 Å². The van der Waals surface area contributed by atoms with Gasteiger partial charge >= 0.3 is 6.03 Å². The van der Waals surface area contributed by atoms with Crippen molar-refractivity contribution in [3.8, 4) is 0 Å². The second-order valence-corrected chi connectivity index (χ2v) is 8.43. The van der Waals surface area contributed by atoms with Crippen molar-refractivity contribution in [2.45, 2.75) is 18.0 Å². The Hall–Kier alpha value is -3.26. The van der Waals surface area contributed by atoms with Gasteiger partial charge in [0.1, 0.15) is 16.5 Å². The van der Waals surface area contributed by atoms with Crippen LogP contribution in [-0.2, 0) is 23.1 Å². The molecule has 0 aromatic heterocycles. The first-order valence-corrected chi connectivity index (χ1v) is 10.2. The molecule has 0 saturated carbocycles. The normalized spacial score (nSPS) is 15.3. The smallest absolute Gasteiger partial charge is 0.288 e. The Labute approximate surface area is 166 Å². The number of carbonyl (C=O) groups is 1. The summed E-state index contributed by atoms with van der Waals surface area (Å²) >= 11 is 0. The van der Waals surface area contributed by atoms with E-state index in [2.05, 4.69) is 0 Å². The van der Waals surface area contributed by atoms with Crippen LogP contribution in [0.1, 0.15) is 11.1 Å². The Morgan fingerprint density at radius 1 is 0.724 bits per heavy atom. The number of hydrogen-bond acceptors (Lipinski definition) is 3. The van der Waals surface area contributed by atoms with Crippen LogP contribution in [0.3, 0.4) is 0 Å². The van der Waals surface area contributed by atoms with Crippen LogP contribution in [0.15, 0.2) is 77.7 Å². The molecule has 3 aromatic carbocycles. The average Bonchev–Trinajstić information content (AvgIpc) is 2.71. The van der Waals surface area contributed by atoms with E-state index in [1.165, 1.54) is 47.4 Å². The molecule has 148 valence electrons. The quantitative estimate of drug-likeness (QED) is 0.640. The number of fused-ring (bicyclic) bond motifs is 1. The number of halogens is 2. The first-order chi connectivity index (χ1) is 13.9. The SMILES string of the molecule is O=C1N(Cc2ccc(F)cc2)c2ccccc2S(=O)(=O)N1Cc1ccc(F)cc1. The van der Waals surface area contributed by atoms with Gasteiger partial charge in [-0.15, -0.1) is 0 Å². The Morgan fingerprint density at radius 2 is 1.24 bits per heavy atom. The number of carbonyl (C=O) groups excluding carboxylic acids is 1. The molecule has 1 aliphatic heterocycles. The van der Waals surface area contributed by atoms with Gasteiger partial charge in [0.2, 0.25) is 0 Å². The number of amides is 2. The fourth-order valence-electron chi connectivity index (χ4n) is 3.19. The molecule has 0 saturated heterocycles. The summed E-state index contributed by atoms with van der Waals surface area (Å²) in [5, 5.41) is 0. The highest BCUT2D eigenvalue weighted by Crippen LogP contribution is 2.36. The van der Waals surface area contributed by atoms with Crippen molar-refractivity contribution in [2.24, 2.45) is 0 Å². The molecule has 3 aromatic rings. The second-order valence-electron chi connectivity index (χ2n) is 6.60. The van der Waals surface area contributed by atoms with Crippen LogP contribution in [0.2, 0.25) is 0 Å². The molecule has 4 rings (SSSR count). The fraction of sp³-hybridized carbons (Fsp3) is 0.0952. The number of para-hydroxylation sites is 1. The van der Waals surface area contributed by atoms with Gasteiger partial charge in [-0.1, -0.05) is 36.4 Å². The summed E-state index contributed by atoms with van der Waals surface area (Å²) in [6.07, 6.45) is 0. The highest BCUT2D eigenvalue weighted by molar-refractivity contribution is 7.90. The second kappa shape index (κ2) is 7.29. The van der Waals surface area contributed by atoms with Gasteiger partial charge in [-0.2, -0.15) is 0 Å². The Bertz CT molecular complexity index is 1160. The van der Waals surface area contributed by atoms with Crippen molar-refractivity contribution in [3.63, 3.8) is 0 Å². The summed E-state index contributed by atoms with van der Waals surface area (Å²) in [5.41, 5.74) is 1.39. The molecule has 0 atom stereocenters. The third-order valence-electron chi connectivity index (χ3n) is 4.66. The van der Waals surface area contributed by atoms with Crippen molar-refractivity contribution in [3.05, 3.63) is 95.6 Å². The Balaban J connectivity index is 1.76. The van der Waals surface area contributed by atoms with Crippen LogP contribution in [0, 0.1) is 11.6 Å². The minimum atomic E-state index is -4.08. The van der Waals surface area contributed by atoms with E-state index >= 15 is 0 Å². The van der Waals surface area contributed by atoms with Gasteiger partial charge in [0.05, 0.1) is 18.8 Å². The lowest BCUT2D eigenvalue weighted by Gasteiger charge is -2.36. The van der Waals surface area contributed by atoms with Crippen molar-refractivity contribution >= 4 is 21.7 Å². The lowest BCUT2D eigenvalue weighted by Crippen LogP contribution is -2.49. The minimum absolute atomic E-state index is 0.00354. The molecule has 2 amide bonds. The third kappa shape index (κ3) is 3.58. The fourth-order valence-corrected chi connectivity index (χ4v) is 4.74. The highest BCUT2D eigenvalue weighted by atomic mass is 32.2. The van der Waals surface area contributed by atoms with E-state index in [0.717, 1.165) is 4.31 Å². The van der Waals surface area contributed by atoms with E-state index in [1.807, 2.05) is 0 Å². The summed E-state index contributed by atoms with van der Waals surface area (Å²) in [5.74, 6) is -0.857.